The van der Waals surface area contributed by atoms with Crippen molar-refractivity contribution < 1.29 is 22.0 Å². The van der Waals surface area contributed by atoms with E-state index in [1.807, 2.05) is 0 Å². The summed E-state index contributed by atoms with van der Waals surface area (Å²) in [5, 5.41) is 0. The number of likely N-dealkylation sites (N-methyl/N-ethyl adjacent to an activating group) is 1. The molecule has 0 aromatic heterocycles. The van der Waals surface area contributed by atoms with Gasteiger partial charge in [-0.1, -0.05) is 0 Å². The second-order valence-electron chi connectivity index (χ2n) is 3.18. The third kappa shape index (κ3) is 4.19. The quantitative estimate of drug-likeness (QED) is 0.727. The molecule has 0 amide bonds. The van der Waals surface area contributed by atoms with Gasteiger partial charge in [0.05, 0.1) is 6.54 Å². The lowest BCUT2D eigenvalue weighted by Gasteiger charge is -2.32. The number of alkyl halides is 5. The molecule has 0 bridgehead atoms. The molecule has 0 aliphatic heterocycles. The highest BCUT2D eigenvalue weighted by Crippen LogP contribution is 2.26. The van der Waals surface area contributed by atoms with Crippen LogP contribution in [0.5, 0.6) is 0 Å². The van der Waals surface area contributed by atoms with Crippen molar-refractivity contribution in [3.05, 3.63) is 0 Å². The Balaban J connectivity index is 4.50. The molecule has 0 heterocycles. The third-order valence-corrected chi connectivity index (χ3v) is 1.73. The van der Waals surface area contributed by atoms with Crippen LogP contribution < -0.4 is 5.73 Å². The summed E-state index contributed by atoms with van der Waals surface area (Å²) in [6.45, 7) is 0.200. The second kappa shape index (κ2) is 4.88. The fourth-order valence-corrected chi connectivity index (χ4v) is 1.28. The van der Waals surface area contributed by atoms with Gasteiger partial charge in [0.2, 0.25) is 0 Å². The lowest BCUT2D eigenvalue weighted by molar-refractivity contribution is -0.187. The molecule has 0 aromatic rings. The van der Waals surface area contributed by atoms with Gasteiger partial charge in [-0.3, -0.25) is 4.90 Å². The van der Waals surface area contributed by atoms with Crippen molar-refractivity contribution in [3.8, 4) is 0 Å². The molecule has 2 N–H and O–H groups in total. The molecule has 0 saturated carbocycles. The number of halogens is 5. The van der Waals surface area contributed by atoms with Crippen molar-refractivity contribution in [2.24, 2.45) is 5.73 Å². The molecule has 0 fully saturated rings. The van der Waals surface area contributed by atoms with Gasteiger partial charge < -0.3 is 5.73 Å². The highest BCUT2D eigenvalue weighted by atomic mass is 19.4. The first-order chi connectivity index (χ1) is 6.16. The number of nitrogens with two attached hydrogens (primary N) is 1. The smallest absolute Gasteiger partial charge is 0.326 e. The van der Waals surface area contributed by atoms with Crippen LogP contribution in [0.1, 0.15) is 6.92 Å². The molecule has 0 radical (unpaired) electrons. The van der Waals surface area contributed by atoms with E-state index >= 15 is 0 Å². The summed E-state index contributed by atoms with van der Waals surface area (Å²) in [4.78, 5) is 0.523. The molecular formula is C7H13F5N2. The van der Waals surface area contributed by atoms with Gasteiger partial charge in [0, 0.05) is 6.04 Å². The van der Waals surface area contributed by atoms with Crippen molar-refractivity contribution in [1.82, 2.24) is 4.90 Å². The molecule has 2 unspecified atom stereocenters. The minimum absolute atomic E-state index is 0.523. The molecular weight excluding hydrogens is 207 g/mol. The monoisotopic (exact) mass is 220 g/mol. The van der Waals surface area contributed by atoms with Crippen molar-refractivity contribution >= 4 is 0 Å². The average Bonchev–Trinajstić information content (AvgIpc) is 1.78. The van der Waals surface area contributed by atoms with E-state index in [4.69, 9.17) is 5.73 Å². The SMILES string of the molecule is CC(N)C(N(C)CC(F)F)C(F)(F)F. The molecule has 0 aromatic carbocycles. The molecule has 86 valence electrons. The average molecular weight is 220 g/mol. The van der Waals surface area contributed by atoms with Gasteiger partial charge in [0.15, 0.2) is 0 Å². The summed E-state index contributed by atoms with van der Waals surface area (Å²) >= 11 is 0. The first-order valence-electron chi connectivity index (χ1n) is 3.97. The van der Waals surface area contributed by atoms with Gasteiger partial charge in [0.1, 0.15) is 6.04 Å². The van der Waals surface area contributed by atoms with Gasteiger partial charge in [-0.25, -0.2) is 8.78 Å². The van der Waals surface area contributed by atoms with Crippen LogP contribution in [0, 0.1) is 0 Å². The van der Waals surface area contributed by atoms with Crippen LogP contribution in [0.4, 0.5) is 22.0 Å². The van der Waals surface area contributed by atoms with Gasteiger partial charge in [-0.15, -0.1) is 0 Å². The first-order valence-corrected chi connectivity index (χ1v) is 3.97. The lowest BCUT2D eigenvalue weighted by Crippen LogP contribution is -2.54. The summed E-state index contributed by atoms with van der Waals surface area (Å²) in [5.74, 6) is 0. The van der Waals surface area contributed by atoms with Gasteiger partial charge in [0.25, 0.3) is 6.43 Å². The summed E-state index contributed by atoms with van der Waals surface area (Å²) in [6.07, 6.45) is -7.39. The van der Waals surface area contributed by atoms with Crippen LogP contribution in [-0.2, 0) is 0 Å². The normalized spacial score (nSPS) is 17.6. The Morgan fingerprint density at radius 1 is 1.29 bits per heavy atom. The number of rotatable bonds is 4. The highest BCUT2D eigenvalue weighted by Gasteiger charge is 2.45. The van der Waals surface area contributed by atoms with Crippen molar-refractivity contribution in [2.45, 2.75) is 31.6 Å². The topological polar surface area (TPSA) is 29.3 Å². The van der Waals surface area contributed by atoms with E-state index < -0.39 is 31.2 Å². The Morgan fingerprint density at radius 2 is 1.71 bits per heavy atom. The zero-order valence-corrected chi connectivity index (χ0v) is 7.85. The number of nitrogens with zero attached hydrogens (tertiary/aromatic N) is 1. The molecule has 2 atom stereocenters. The maximum atomic E-state index is 12.3. The Labute approximate surface area is 78.9 Å². The molecule has 0 rings (SSSR count). The largest absolute Gasteiger partial charge is 0.405 e. The minimum Gasteiger partial charge on any atom is -0.326 e. The Morgan fingerprint density at radius 3 is 1.93 bits per heavy atom. The minimum atomic E-state index is -4.59. The van der Waals surface area contributed by atoms with E-state index in [0.29, 0.717) is 4.90 Å². The van der Waals surface area contributed by atoms with Crippen molar-refractivity contribution in [2.75, 3.05) is 13.6 Å². The second-order valence-corrected chi connectivity index (χ2v) is 3.18. The number of hydrogen-bond acceptors (Lipinski definition) is 2. The van der Waals surface area contributed by atoms with Crippen molar-refractivity contribution in [3.63, 3.8) is 0 Å². The van der Waals surface area contributed by atoms with Gasteiger partial charge in [-0.2, -0.15) is 13.2 Å². The molecule has 14 heavy (non-hydrogen) atoms. The van der Waals surface area contributed by atoms with E-state index in [1.165, 1.54) is 0 Å². The van der Waals surface area contributed by atoms with E-state index in [1.54, 1.807) is 0 Å². The maximum absolute atomic E-state index is 12.3. The molecule has 0 saturated heterocycles. The summed E-state index contributed by atoms with van der Waals surface area (Å²) < 4.78 is 60.6. The van der Waals surface area contributed by atoms with Crippen LogP contribution >= 0.6 is 0 Å². The van der Waals surface area contributed by atoms with Crippen LogP contribution in [0.25, 0.3) is 0 Å². The Bertz CT molecular complexity index is 168. The maximum Gasteiger partial charge on any atom is 0.405 e. The Kier molecular flexibility index (Phi) is 4.73. The van der Waals surface area contributed by atoms with Gasteiger partial charge in [-0.05, 0) is 14.0 Å². The fraction of sp³-hybridized carbons (Fsp3) is 1.00. The molecule has 0 spiro atoms. The van der Waals surface area contributed by atoms with Crippen molar-refractivity contribution in [1.29, 1.82) is 0 Å². The molecule has 0 aliphatic carbocycles. The predicted octanol–water partition coefficient (Wildman–Crippen LogP) is 1.46. The zero-order valence-electron chi connectivity index (χ0n) is 7.85. The molecule has 7 heteroatoms. The summed E-state index contributed by atoms with van der Waals surface area (Å²) in [5.41, 5.74) is 5.09. The molecule has 2 nitrogen and oxygen atoms in total. The van der Waals surface area contributed by atoms with E-state index in [-0.39, 0.29) is 0 Å². The lowest BCUT2D eigenvalue weighted by atomic mass is 10.1. The summed E-state index contributed by atoms with van der Waals surface area (Å²) in [6, 6.07) is -3.27. The van der Waals surface area contributed by atoms with E-state index in [9.17, 15) is 22.0 Å². The third-order valence-electron chi connectivity index (χ3n) is 1.73. The van der Waals surface area contributed by atoms with Gasteiger partial charge >= 0.3 is 6.18 Å². The molecule has 0 aliphatic rings. The van der Waals surface area contributed by atoms with Crippen LogP contribution in [-0.4, -0.2) is 43.2 Å². The zero-order chi connectivity index (χ0) is 11.5. The van der Waals surface area contributed by atoms with Crippen LogP contribution in [0.3, 0.4) is 0 Å². The summed E-state index contributed by atoms with van der Waals surface area (Å²) in [7, 11) is 0.980. The van der Waals surface area contributed by atoms with Crippen LogP contribution in [0.2, 0.25) is 0 Å². The first kappa shape index (κ1) is 13.6. The number of hydrogen-bond donors (Lipinski definition) is 1. The fourth-order valence-electron chi connectivity index (χ4n) is 1.28. The Hall–Kier alpha value is -0.430. The van der Waals surface area contributed by atoms with E-state index in [2.05, 4.69) is 0 Å². The van der Waals surface area contributed by atoms with E-state index in [0.717, 1.165) is 14.0 Å². The van der Waals surface area contributed by atoms with Crippen LogP contribution in [0.15, 0.2) is 0 Å². The highest BCUT2D eigenvalue weighted by molar-refractivity contribution is 4.84. The standard InChI is InChI=1S/C7H13F5N2/c1-4(13)6(7(10,11)12)14(2)3-5(8)9/h4-6H,3,13H2,1-2H3. The predicted molar refractivity (Wildman–Crippen MR) is 42.1 cm³/mol.